The first-order valence-electron chi connectivity index (χ1n) is 6.37. The van der Waals surface area contributed by atoms with Crippen LogP contribution in [0.1, 0.15) is 19.4 Å². The SMILES string of the molecule is CC(C)[C@H](N)C(=O)O.Fc1ccc(C2(CCl)CO2)c(F)c1. The highest BCUT2D eigenvalue weighted by atomic mass is 35.5. The number of hydrogen-bond donors (Lipinski definition) is 2. The summed E-state index contributed by atoms with van der Waals surface area (Å²) in [5.74, 6) is -1.91. The fourth-order valence-corrected chi connectivity index (χ4v) is 1.83. The van der Waals surface area contributed by atoms with Gasteiger partial charge in [-0.05, 0) is 12.0 Å². The van der Waals surface area contributed by atoms with Gasteiger partial charge in [-0.2, -0.15) is 0 Å². The topological polar surface area (TPSA) is 75.9 Å². The van der Waals surface area contributed by atoms with Gasteiger partial charge in [-0.3, -0.25) is 4.79 Å². The molecule has 1 fully saturated rings. The number of epoxide rings is 1. The zero-order chi connectivity index (χ0) is 16.2. The number of carboxylic acids is 1. The monoisotopic (exact) mass is 321 g/mol. The molecule has 1 heterocycles. The molecule has 0 spiro atoms. The molecule has 0 aliphatic carbocycles. The molecule has 21 heavy (non-hydrogen) atoms. The van der Waals surface area contributed by atoms with E-state index in [4.69, 9.17) is 27.2 Å². The molecule has 1 aromatic rings. The summed E-state index contributed by atoms with van der Waals surface area (Å²) in [6, 6.07) is 2.70. The van der Waals surface area contributed by atoms with Crippen molar-refractivity contribution in [3.05, 3.63) is 35.4 Å². The van der Waals surface area contributed by atoms with E-state index >= 15 is 0 Å². The molecule has 0 bridgehead atoms. The predicted octanol–water partition coefficient (Wildman–Crippen LogP) is 2.48. The van der Waals surface area contributed by atoms with Gasteiger partial charge in [-0.25, -0.2) is 8.78 Å². The minimum atomic E-state index is -0.931. The van der Waals surface area contributed by atoms with Crippen LogP contribution < -0.4 is 5.73 Å². The van der Waals surface area contributed by atoms with Crippen LogP contribution >= 0.6 is 11.6 Å². The van der Waals surface area contributed by atoms with Crippen LogP contribution in [0.25, 0.3) is 0 Å². The number of alkyl halides is 1. The summed E-state index contributed by atoms with van der Waals surface area (Å²) in [5.41, 5.74) is 4.79. The number of halogens is 3. The number of hydrogen-bond acceptors (Lipinski definition) is 3. The average molecular weight is 322 g/mol. The Morgan fingerprint density at radius 2 is 2.10 bits per heavy atom. The molecule has 1 aliphatic rings. The maximum Gasteiger partial charge on any atom is 0.320 e. The molecule has 7 heteroatoms. The highest BCUT2D eigenvalue weighted by Gasteiger charge is 2.47. The van der Waals surface area contributed by atoms with E-state index in [1.807, 2.05) is 0 Å². The second-order valence-corrected chi connectivity index (χ2v) is 5.42. The van der Waals surface area contributed by atoms with Gasteiger partial charge in [0.2, 0.25) is 0 Å². The molecule has 2 atom stereocenters. The Balaban J connectivity index is 0.000000240. The van der Waals surface area contributed by atoms with Crippen LogP contribution in [-0.2, 0) is 15.1 Å². The molecule has 0 aromatic heterocycles. The first-order valence-corrected chi connectivity index (χ1v) is 6.91. The second kappa shape index (κ2) is 7.15. The first-order chi connectivity index (χ1) is 9.73. The van der Waals surface area contributed by atoms with Gasteiger partial charge in [0.15, 0.2) is 0 Å². The highest BCUT2D eigenvalue weighted by molar-refractivity contribution is 6.18. The molecule has 1 aliphatic heterocycles. The third-order valence-corrected chi connectivity index (χ3v) is 3.57. The number of carboxylic acid groups (broad SMARTS) is 1. The van der Waals surface area contributed by atoms with Crippen LogP contribution in [0.5, 0.6) is 0 Å². The van der Waals surface area contributed by atoms with Gasteiger partial charge in [0.1, 0.15) is 23.3 Å². The number of aliphatic carboxylic acids is 1. The third-order valence-electron chi connectivity index (χ3n) is 3.13. The first kappa shape index (κ1) is 17.8. The van der Waals surface area contributed by atoms with Crippen LogP contribution in [0.15, 0.2) is 18.2 Å². The summed E-state index contributed by atoms with van der Waals surface area (Å²) in [7, 11) is 0. The van der Waals surface area contributed by atoms with Crippen molar-refractivity contribution in [2.45, 2.75) is 25.5 Å². The smallest absolute Gasteiger partial charge is 0.320 e. The Morgan fingerprint density at radius 1 is 1.52 bits per heavy atom. The van der Waals surface area contributed by atoms with Crippen molar-refractivity contribution in [1.29, 1.82) is 0 Å². The van der Waals surface area contributed by atoms with Crippen LogP contribution in [-0.4, -0.2) is 29.6 Å². The minimum Gasteiger partial charge on any atom is -0.480 e. The number of carbonyl (C=O) groups is 1. The lowest BCUT2D eigenvalue weighted by Gasteiger charge is -2.08. The molecule has 0 amide bonds. The van der Waals surface area contributed by atoms with E-state index in [0.717, 1.165) is 6.07 Å². The molecule has 3 N–H and O–H groups in total. The Bertz CT molecular complexity index is 507. The lowest BCUT2D eigenvalue weighted by atomic mass is 10.0. The zero-order valence-electron chi connectivity index (χ0n) is 11.8. The Hall–Kier alpha value is -1.24. The van der Waals surface area contributed by atoms with Gasteiger partial charge in [0.25, 0.3) is 0 Å². The van der Waals surface area contributed by atoms with Crippen molar-refractivity contribution in [3.8, 4) is 0 Å². The summed E-state index contributed by atoms with van der Waals surface area (Å²) in [5, 5.41) is 8.23. The minimum absolute atomic E-state index is 0.0208. The molecule has 1 unspecified atom stereocenters. The predicted molar refractivity (Wildman–Crippen MR) is 75.2 cm³/mol. The van der Waals surface area contributed by atoms with Crippen molar-refractivity contribution in [1.82, 2.24) is 0 Å². The molecule has 2 rings (SSSR count). The standard InChI is InChI=1S/C9H7ClF2O.C5H11NO2/c10-4-9(5-13-9)7-2-1-6(11)3-8(7)12;1-3(2)4(6)5(7)8/h1-3H,4-5H2;3-4H,6H2,1-2H3,(H,7,8)/t;4-/m.0/s1. The summed E-state index contributed by atoms with van der Waals surface area (Å²) in [6.07, 6.45) is 0. The summed E-state index contributed by atoms with van der Waals surface area (Å²) in [6.45, 7) is 3.95. The van der Waals surface area contributed by atoms with E-state index in [9.17, 15) is 13.6 Å². The molecular weight excluding hydrogens is 304 g/mol. The van der Waals surface area contributed by atoms with Crippen molar-refractivity contribution in [2.75, 3.05) is 12.5 Å². The molecule has 0 saturated carbocycles. The van der Waals surface area contributed by atoms with Gasteiger partial charge in [0, 0.05) is 11.6 Å². The number of nitrogens with two attached hydrogens (primary N) is 1. The van der Waals surface area contributed by atoms with E-state index in [1.165, 1.54) is 12.1 Å². The van der Waals surface area contributed by atoms with Gasteiger partial charge in [0.05, 0.1) is 12.5 Å². The van der Waals surface area contributed by atoms with E-state index < -0.39 is 29.2 Å². The zero-order valence-corrected chi connectivity index (χ0v) is 12.5. The van der Waals surface area contributed by atoms with E-state index in [0.29, 0.717) is 12.2 Å². The van der Waals surface area contributed by atoms with Crippen LogP contribution in [0, 0.1) is 17.6 Å². The fourth-order valence-electron chi connectivity index (χ4n) is 1.54. The van der Waals surface area contributed by atoms with Crippen molar-refractivity contribution in [3.63, 3.8) is 0 Å². The maximum absolute atomic E-state index is 13.2. The van der Waals surface area contributed by atoms with Gasteiger partial charge >= 0.3 is 5.97 Å². The Labute approximate surface area is 126 Å². The molecule has 1 saturated heterocycles. The van der Waals surface area contributed by atoms with Crippen LogP contribution in [0.4, 0.5) is 8.78 Å². The van der Waals surface area contributed by atoms with Crippen LogP contribution in [0.3, 0.4) is 0 Å². The number of benzene rings is 1. The fraction of sp³-hybridized carbons (Fsp3) is 0.500. The molecule has 0 radical (unpaired) electrons. The summed E-state index contributed by atoms with van der Waals surface area (Å²) >= 11 is 5.62. The van der Waals surface area contributed by atoms with Crippen molar-refractivity contribution >= 4 is 17.6 Å². The summed E-state index contributed by atoms with van der Waals surface area (Å²) < 4.78 is 30.8. The van der Waals surface area contributed by atoms with Gasteiger partial charge in [-0.1, -0.05) is 19.9 Å². The largest absolute Gasteiger partial charge is 0.480 e. The quantitative estimate of drug-likeness (QED) is 0.660. The van der Waals surface area contributed by atoms with E-state index in [1.54, 1.807) is 13.8 Å². The van der Waals surface area contributed by atoms with E-state index in [-0.39, 0.29) is 11.8 Å². The number of rotatable bonds is 4. The van der Waals surface area contributed by atoms with Gasteiger partial charge < -0.3 is 15.6 Å². The maximum atomic E-state index is 13.2. The van der Waals surface area contributed by atoms with Crippen molar-refractivity contribution in [2.24, 2.45) is 11.7 Å². The Morgan fingerprint density at radius 3 is 2.38 bits per heavy atom. The van der Waals surface area contributed by atoms with E-state index in [2.05, 4.69) is 0 Å². The molecular formula is C14H18ClF2NO3. The average Bonchev–Trinajstić information content (AvgIpc) is 3.19. The summed E-state index contributed by atoms with van der Waals surface area (Å²) in [4.78, 5) is 10.0. The van der Waals surface area contributed by atoms with Gasteiger partial charge in [-0.15, -0.1) is 11.6 Å². The lowest BCUT2D eigenvalue weighted by Crippen LogP contribution is -2.34. The Kier molecular flexibility index (Phi) is 6.07. The second-order valence-electron chi connectivity index (χ2n) is 5.15. The van der Waals surface area contributed by atoms with Crippen LogP contribution in [0.2, 0.25) is 0 Å². The third kappa shape index (κ3) is 4.62. The highest BCUT2D eigenvalue weighted by Crippen LogP contribution is 2.40. The van der Waals surface area contributed by atoms with Crippen molar-refractivity contribution < 1.29 is 23.4 Å². The molecule has 118 valence electrons. The normalized spacial score (nSPS) is 21.5. The molecule has 4 nitrogen and oxygen atoms in total. The lowest BCUT2D eigenvalue weighted by molar-refractivity contribution is -0.139. The molecule has 1 aromatic carbocycles. The number of ether oxygens (including phenoxy) is 1.